The molecule has 1 aromatic heterocycles. The number of ether oxygens (including phenoxy) is 2. The van der Waals surface area contributed by atoms with E-state index in [4.69, 9.17) is 9.47 Å². The Morgan fingerprint density at radius 2 is 1.67 bits per heavy atom. The molecule has 8 nitrogen and oxygen atoms in total. The number of sulfonamides is 1. The second-order valence-electron chi connectivity index (χ2n) is 7.35. The first-order valence-corrected chi connectivity index (χ1v) is 11.8. The highest BCUT2D eigenvalue weighted by molar-refractivity contribution is 7.92. The summed E-state index contributed by atoms with van der Waals surface area (Å²) in [6, 6.07) is 13.7. The van der Waals surface area contributed by atoms with Crippen LogP contribution in [0.5, 0.6) is 5.75 Å². The van der Waals surface area contributed by atoms with Crippen molar-refractivity contribution >= 4 is 27.5 Å². The lowest BCUT2D eigenvalue weighted by Crippen LogP contribution is -2.18. The Hall–Kier alpha value is -3.59. The van der Waals surface area contributed by atoms with E-state index >= 15 is 0 Å². The number of rotatable bonds is 9. The zero-order valence-corrected chi connectivity index (χ0v) is 19.7. The Balaban J connectivity index is 1.75. The van der Waals surface area contributed by atoms with Gasteiger partial charge in [-0.05, 0) is 63.2 Å². The van der Waals surface area contributed by atoms with Crippen LogP contribution in [-0.4, -0.2) is 38.5 Å². The molecule has 0 bridgehead atoms. The highest BCUT2D eigenvalue weighted by atomic mass is 32.2. The second kappa shape index (κ2) is 9.91. The molecule has 3 aromatic rings. The number of para-hydroxylation sites is 1. The van der Waals surface area contributed by atoms with Gasteiger partial charge in [0.2, 0.25) is 5.78 Å². The number of esters is 1. The normalized spacial score (nSPS) is 11.2. The lowest BCUT2D eigenvalue weighted by Gasteiger charge is -2.12. The second-order valence-corrected chi connectivity index (χ2v) is 9.04. The van der Waals surface area contributed by atoms with E-state index < -0.39 is 22.6 Å². The fraction of sp³-hybridized carbons (Fsp3) is 0.250. The molecular weight excluding hydrogens is 444 g/mol. The van der Waals surface area contributed by atoms with E-state index in [9.17, 15) is 18.0 Å². The lowest BCUT2D eigenvalue weighted by molar-refractivity contribution is 0.0475. The van der Waals surface area contributed by atoms with Crippen LogP contribution in [0.2, 0.25) is 0 Å². The largest absolute Gasteiger partial charge is 0.497 e. The monoisotopic (exact) mass is 470 g/mol. The molecule has 3 rings (SSSR count). The molecule has 1 heterocycles. The van der Waals surface area contributed by atoms with Crippen LogP contribution >= 0.6 is 0 Å². The molecule has 0 saturated carbocycles. The fourth-order valence-corrected chi connectivity index (χ4v) is 4.65. The molecule has 0 atom stereocenters. The number of benzene rings is 2. The average molecular weight is 471 g/mol. The van der Waals surface area contributed by atoms with Gasteiger partial charge in [0, 0.05) is 23.5 Å². The standard InChI is InChI=1S/C24H26N2O6S/c1-5-26-16(2)14-21(17(26)3)23(27)15-32-24(28)20-8-6-7-9-22(20)25-33(29,30)19-12-10-18(31-4)11-13-19/h6-14,25H,5,15H2,1-4H3. The number of carbonyl (C=O) groups is 2. The Morgan fingerprint density at radius 3 is 2.27 bits per heavy atom. The number of aromatic nitrogens is 1. The molecule has 0 aliphatic heterocycles. The summed E-state index contributed by atoms with van der Waals surface area (Å²) in [7, 11) is -2.48. The molecule has 0 amide bonds. The van der Waals surface area contributed by atoms with Gasteiger partial charge >= 0.3 is 5.97 Å². The van der Waals surface area contributed by atoms with Crippen LogP contribution in [0.3, 0.4) is 0 Å². The molecule has 0 spiro atoms. The number of nitrogens with zero attached hydrogens (tertiary/aromatic N) is 1. The van der Waals surface area contributed by atoms with Gasteiger partial charge in [-0.3, -0.25) is 9.52 Å². The van der Waals surface area contributed by atoms with Crippen molar-refractivity contribution in [3.8, 4) is 5.75 Å². The maximum absolute atomic E-state index is 12.8. The van der Waals surface area contributed by atoms with E-state index in [1.54, 1.807) is 18.2 Å². The van der Waals surface area contributed by atoms with Crippen molar-refractivity contribution in [2.75, 3.05) is 18.4 Å². The number of nitrogens with one attached hydrogen (secondary N) is 1. The van der Waals surface area contributed by atoms with E-state index in [0.29, 0.717) is 11.3 Å². The Labute approximate surface area is 193 Å². The number of aryl methyl sites for hydroxylation is 1. The van der Waals surface area contributed by atoms with Crippen molar-refractivity contribution < 1.29 is 27.5 Å². The minimum Gasteiger partial charge on any atom is -0.497 e. The molecule has 174 valence electrons. The number of Topliss-reactive ketones (excluding diaryl/α,β-unsaturated/α-hetero) is 1. The zero-order valence-electron chi connectivity index (χ0n) is 18.9. The summed E-state index contributed by atoms with van der Waals surface area (Å²) in [6.07, 6.45) is 0. The molecule has 0 unspecified atom stereocenters. The minimum atomic E-state index is -3.96. The maximum atomic E-state index is 12.8. The fourth-order valence-electron chi connectivity index (χ4n) is 3.57. The summed E-state index contributed by atoms with van der Waals surface area (Å²) in [6.45, 7) is 6.01. The number of ketones is 1. The predicted octanol–water partition coefficient (Wildman–Crippen LogP) is 3.97. The van der Waals surface area contributed by atoms with E-state index in [-0.39, 0.29) is 21.9 Å². The van der Waals surface area contributed by atoms with Crippen molar-refractivity contribution in [1.82, 2.24) is 4.57 Å². The summed E-state index contributed by atoms with van der Waals surface area (Å²) >= 11 is 0. The summed E-state index contributed by atoms with van der Waals surface area (Å²) < 4.78 is 40.2. The van der Waals surface area contributed by atoms with Gasteiger partial charge < -0.3 is 14.0 Å². The highest BCUT2D eigenvalue weighted by Crippen LogP contribution is 2.23. The van der Waals surface area contributed by atoms with Gasteiger partial charge in [0.25, 0.3) is 10.0 Å². The Bertz CT molecular complexity index is 1280. The van der Waals surface area contributed by atoms with E-state index in [1.165, 1.54) is 43.5 Å². The van der Waals surface area contributed by atoms with Gasteiger partial charge in [0.1, 0.15) is 5.75 Å². The minimum absolute atomic E-state index is 0.00131. The summed E-state index contributed by atoms with van der Waals surface area (Å²) in [4.78, 5) is 25.3. The number of hydrogen-bond acceptors (Lipinski definition) is 6. The van der Waals surface area contributed by atoms with E-state index in [2.05, 4.69) is 4.72 Å². The topological polar surface area (TPSA) is 104 Å². The van der Waals surface area contributed by atoms with Crippen molar-refractivity contribution in [3.63, 3.8) is 0 Å². The number of methoxy groups -OCH3 is 1. The molecule has 0 aliphatic rings. The van der Waals surface area contributed by atoms with Crippen LogP contribution in [0.1, 0.15) is 39.0 Å². The first-order valence-electron chi connectivity index (χ1n) is 10.3. The molecule has 0 saturated heterocycles. The molecule has 9 heteroatoms. The van der Waals surface area contributed by atoms with Gasteiger partial charge in [-0.15, -0.1) is 0 Å². The van der Waals surface area contributed by atoms with Crippen molar-refractivity contribution in [1.29, 1.82) is 0 Å². The molecule has 0 aliphatic carbocycles. The third kappa shape index (κ3) is 5.25. The maximum Gasteiger partial charge on any atom is 0.340 e. The summed E-state index contributed by atoms with van der Waals surface area (Å²) in [5.41, 5.74) is 2.30. The summed E-state index contributed by atoms with van der Waals surface area (Å²) in [5.74, 6) is -0.615. The van der Waals surface area contributed by atoms with Crippen LogP contribution in [0.4, 0.5) is 5.69 Å². The van der Waals surface area contributed by atoms with Gasteiger partial charge in [-0.2, -0.15) is 0 Å². The number of carbonyl (C=O) groups excluding carboxylic acids is 2. The molecule has 0 radical (unpaired) electrons. The van der Waals surface area contributed by atoms with Crippen molar-refractivity contribution in [2.45, 2.75) is 32.2 Å². The third-order valence-electron chi connectivity index (χ3n) is 5.29. The zero-order chi connectivity index (χ0) is 24.2. The van der Waals surface area contributed by atoms with Crippen molar-refractivity contribution in [2.24, 2.45) is 0 Å². The van der Waals surface area contributed by atoms with Crippen LogP contribution in [0.15, 0.2) is 59.5 Å². The Kier molecular flexibility index (Phi) is 7.23. The van der Waals surface area contributed by atoms with Crippen LogP contribution < -0.4 is 9.46 Å². The van der Waals surface area contributed by atoms with Gasteiger partial charge in [0.15, 0.2) is 6.61 Å². The third-order valence-corrected chi connectivity index (χ3v) is 6.67. The molecule has 2 aromatic carbocycles. The number of hydrogen-bond donors (Lipinski definition) is 1. The van der Waals surface area contributed by atoms with Crippen LogP contribution in [0, 0.1) is 13.8 Å². The van der Waals surface area contributed by atoms with Gasteiger partial charge in [-0.25, -0.2) is 13.2 Å². The summed E-state index contributed by atoms with van der Waals surface area (Å²) in [5, 5.41) is 0. The lowest BCUT2D eigenvalue weighted by atomic mass is 10.1. The SMILES string of the molecule is CCn1c(C)cc(C(=O)COC(=O)c2ccccc2NS(=O)(=O)c2ccc(OC)cc2)c1C. The molecule has 33 heavy (non-hydrogen) atoms. The van der Waals surface area contributed by atoms with E-state index in [1.807, 2.05) is 25.3 Å². The van der Waals surface area contributed by atoms with Crippen molar-refractivity contribution in [3.05, 3.63) is 77.1 Å². The average Bonchev–Trinajstić information content (AvgIpc) is 3.10. The predicted molar refractivity (Wildman–Crippen MR) is 124 cm³/mol. The first kappa shape index (κ1) is 24.1. The quantitative estimate of drug-likeness (QED) is 0.375. The first-order chi connectivity index (χ1) is 15.7. The Morgan fingerprint density at radius 1 is 1.00 bits per heavy atom. The number of anilines is 1. The van der Waals surface area contributed by atoms with Crippen LogP contribution in [0.25, 0.3) is 0 Å². The van der Waals surface area contributed by atoms with E-state index in [0.717, 1.165) is 17.9 Å². The highest BCUT2D eigenvalue weighted by Gasteiger charge is 2.21. The molecule has 1 N–H and O–H groups in total. The van der Waals surface area contributed by atoms with Crippen LogP contribution in [-0.2, 0) is 21.3 Å². The van der Waals surface area contributed by atoms with Gasteiger partial charge in [0.05, 0.1) is 23.3 Å². The molecular formula is C24H26N2O6S. The van der Waals surface area contributed by atoms with Gasteiger partial charge in [-0.1, -0.05) is 12.1 Å². The molecule has 0 fully saturated rings. The smallest absolute Gasteiger partial charge is 0.340 e.